The number of rotatable bonds is 6. The van der Waals surface area contributed by atoms with Gasteiger partial charge in [-0.05, 0) is 23.3 Å². The molecule has 0 bridgehead atoms. The molecule has 3 atom stereocenters. The smallest absolute Gasteiger partial charge is 0.305 e. The zero-order chi connectivity index (χ0) is 28.4. The van der Waals surface area contributed by atoms with Crippen molar-refractivity contribution in [1.29, 1.82) is 0 Å². The van der Waals surface area contributed by atoms with Gasteiger partial charge in [0.25, 0.3) is 0 Å². The molecule has 0 aromatic heterocycles. The molecule has 0 radical (unpaired) electrons. The van der Waals surface area contributed by atoms with E-state index in [-0.39, 0.29) is 18.6 Å². The molecule has 1 aliphatic rings. The van der Waals surface area contributed by atoms with E-state index in [0.717, 1.165) is 5.56 Å². The summed E-state index contributed by atoms with van der Waals surface area (Å²) in [6.45, 7) is -1.10. The Balaban J connectivity index is 1.86. The topological polar surface area (TPSA) is 203 Å². The molecule has 0 unspecified atom stereocenters. The molecule has 0 saturated carbocycles. The van der Waals surface area contributed by atoms with E-state index in [4.69, 9.17) is 0 Å². The second-order valence-corrected chi connectivity index (χ2v) is 8.90. The number of phenols is 1. The molecule has 0 spiro atoms. The second kappa shape index (κ2) is 13.6. The van der Waals surface area contributed by atoms with Crippen LogP contribution in [0.1, 0.15) is 17.5 Å². The molecular weight excluding hydrogens is 510 g/mol. The van der Waals surface area contributed by atoms with Crippen molar-refractivity contribution in [3.8, 4) is 5.75 Å². The van der Waals surface area contributed by atoms with Gasteiger partial charge in [0.15, 0.2) is 0 Å². The minimum absolute atomic E-state index is 0.0107. The van der Waals surface area contributed by atoms with Crippen molar-refractivity contribution in [3.05, 3.63) is 65.7 Å². The monoisotopic (exact) mass is 539 g/mol. The quantitative estimate of drug-likeness (QED) is 0.226. The Bertz CT molecular complexity index is 1220. The highest BCUT2D eigenvalue weighted by Crippen LogP contribution is 2.12. The van der Waals surface area contributed by atoms with E-state index in [2.05, 4.69) is 26.6 Å². The lowest BCUT2D eigenvalue weighted by Gasteiger charge is -2.22. The Labute approximate surface area is 223 Å². The van der Waals surface area contributed by atoms with Crippen LogP contribution >= 0.6 is 0 Å². The standard InChI is InChI=1S/C26H29N5O8/c32-17-8-6-16(7-9-17)11-19-25(38)28-13-21(33)29-18(10-15-4-2-1-3-5-15)24(37)27-14-22(34)30-20(12-23(35)36)26(39)31-19/h1-9,18-20,32H,10-14H2,(H,27,37)(H,28,38)(H,29,33)(H,30,34)(H,31,39)(H,35,36)/t18-,19-,20-/m0/s1. The summed E-state index contributed by atoms with van der Waals surface area (Å²) >= 11 is 0. The minimum Gasteiger partial charge on any atom is -0.508 e. The minimum atomic E-state index is -1.55. The fourth-order valence-electron chi connectivity index (χ4n) is 3.86. The predicted octanol–water partition coefficient (Wildman–Crippen LogP) is -1.65. The largest absolute Gasteiger partial charge is 0.508 e. The van der Waals surface area contributed by atoms with E-state index in [1.54, 1.807) is 30.3 Å². The van der Waals surface area contributed by atoms with Gasteiger partial charge in [0.05, 0.1) is 19.5 Å². The Kier molecular flexibility index (Phi) is 9.95. The molecule has 2 aromatic carbocycles. The highest BCUT2D eigenvalue weighted by Gasteiger charge is 2.30. The van der Waals surface area contributed by atoms with Crippen LogP contribution in [0.25, 0.3) is 0 Å². The molecule has 7 N–H and O–H groups in total. The number of hydrogen-bond donors (Lipinski definition) is 7. The summed E-state index contributed by atoms with van der Waals surface area (Å²) in [6, 6.07) is 10.8. The summed E-state index contributed by atoms with van der Waals surface area (Å²) in [5.41, 5.74) is 1.28. The van der Waals surface area contributed by atoms with Gasteiger partial charge in [-0.3, -0.25) is 28.8 Å². The molecule has 5 amide bonds. The van der Waals surface area contributed by atoms with Crippen molar-refractivity contribution in [1.82, 2.24) is 26.6 Å². The van der Waals surface area contributed by atoms with Crippen LogP contribution in [0.3, 0.4) is 0 Å². The zero-order valence-electron chi connectivity index (χ0n) is 20.8. The molecule has 1 heterocycles. The van der Waals surface area contributed by atoms with Gasteiger partial charge in [0.1, 0.15) is 23.9 Å². The van der Waals surface area contributed by atoms with Crippen LogP contribution in [-0.4, -0.2) is 76.9 Å². The Hall–Kier alpha value is -4.94. The summed E-state index contributed by atoms with van der Waals surface area (Å²) in [5, 5.41) is 30.8. The van der Waals surface area contributed by atoms with Crippen molar-refractivity contribution in [2.24, 2.45) is 0 Å². The van der Waals surface area contributed by atoms with Crippen LogP contribution < -0.4 is 26.6 Å². The van der Waals surface area contributed by atoms with E-state index in [1.807, 2.05) is 0 Å². The van der Waals surface area contributed by atoms with E-state index >= 15 is 0 Å². The number of carbonyl (C=O) groups excluding carboxylic acids is 5. The fraction of sp³-hybridized carbons (Fsp3) is 0.308. The maximum Gasteiger partial charge on any atom is 0.305 e. The summed E-state index contributed by atoms with van der Waals surface area (Å²) in [7, 11) is 0. The van der Waals surface area contributed by atoms with Gasteiger partial charge in [-0.15, -0.1) is 0 Å². The van der Waals surface area contributed by atoms with E-state index < -0.39 is 73.1 Å². The van der Waals surface area contributed by atoms with Crippen molar-refractivity contribution < 1.29 is 39.0 Å². The number of carbonyl (C=O) groups is 6. The predicted molar refractivity (Wildman–Crippen MR) is 136 cm³/mol. The van der Waals surface area contributed by atoms with Crippen molar-refractivity contribution in [2.75, 3.05) is 13.1 Å². The number of aliphatic carboxylic acids is 1. The molecule has 1 aliphatic heterocycles. The first kappa shape index (κ1) is 28.6. The third-order valence-electron chi connectivity index (χ3n) is 5.82. The number of nitrogens with one attached hydrogen (secondary N) is 5. The molecule has 2 aromatic rings. The highest BCUT2D eigenvalue weighted by atomic mass is 16.4. The first-order chi connectivity index (χ1) is 18.6. The lowest BCUT2D eigenvalue weighted by molar-refractivity contribution is -0.141. The fourth-order valence-corrected chi connectivity index (χ4v) is 3.86. The number of hydrogen-bond acceptors (Lipinski definition) is 7. The van der Waals surface area contributed by atoms with E-state index in [0.29, 0.717) is 5.56 Å². The average Bonchev–Trinajstić information content (AvgIpc) is 2.90. The molecule has 0 aliphatic carbocycles. The maximum atomic E-state index is 13.0. The number of aromatic hydroxyl groups is 1. The highest BCUT2D eigenvalue weighted by molar-refractivity contribution is 5.97. The SMILES string of the molecule is O=C(O)C[C@@H]1NC(=O)CNC(=O)[C@H](Cc2ccccc2)NC(=O)CNC(=O)[C@H](Cc2ccc(O)cc2)NC1=O. The van der Waals surface area contributed by atoms with Crippen molar-refractivity contribution >= 4 is 35.5 Å². The Morgan fingerprint density at radius 2 is 1.15 bits per heavy atom. The van der Waals surface area contributed by atoms with Crippen molar-refractivity contribution in [3.63, 3.8) is 0 Å². The van der Waals surface area contributed by atoms with Gasteiger partial charge in [-0.1, -0.05) is 42.5 Å². The van der Waals surface area contributed by atoms with Crippen molar-refractivity contribution in [2.45, 2.75) is 37.4 Å². The van der Waals surface area contributed by atoms with Gasteiger partial charge in [0.2, 0.25) is 29.5 Å². The number of benzene rings is 2. The second-order valence-electron chi connectivity index (χ2n) is 8.90. The molecule has 3 rings (SSSR count). The Morgan fingerprint density at radius 1 is 0.667 bits per heavy atom. The van der Waals surface area contributed by atoms with Gasteiger partial charge in [-0.2, -0.15) is 0 Å². The van der Waals surface area contributed by atoms with Crippen LogP contribution in [0.2, 0.25) is 0 Å². The molecule has 1 fully saturated rings. The van der Waals surface area contributed by atoms with Crippen LogP contribution in [0.4, 0.5) is 0 Å². The van der Waals surface area contributed by atoms with Crippen LogP contribution in [-0.2, 0) is 41.6 Å². The van der Waals surface area contributed by atoms with Crippen LogP contribution in [0, 0.1) is 0 Å². The molecule has 13 nitrogen and oxygen atoms in total. The molecule has 1 saturated heterocycles. The molecule has 39 heavy (non-hydrogen) atoms. The lowest BCUT2D eigenvalue weighted by atomic mass is 10.0. The number of carboxylic acid groups (broad SMARTS) is 1. The summed E-state index contributed by atoms with van der Waals surface area (Å²) in [5.74, 6) is -5.31. The van der Waals surface area contributed by atoms with Crippen LogP contribution in [0.15, 0.2) is 54.6 Å². The first-order valence-corrected chi connectivity index (χ1v) is 12.1. The third-order valence-corrected chi connectivity index (χ3v) is 5.82. The number of amides is 5. The average molecular weight is 540 g/mol. The lowest BCUT2D eigenvalue weighted by Crippen LogP contribution is -2.56. The number of phenolic OH excluding ortho intramolecular Hbond substituents is 1. The van der Waals surface area contributed by atoms with E-state index in [1.165, 1.54) is 24.3 Å². The summed E-state index contributed by atoms with van der Waals surface area (Å²) in [6.07, 6.45) is -0.751. The molecular formula is C26H29N5O8. The summed E-state index contributed by atoms with van der Waals surface area (Å²) in [4.78, 5) is 75.3. The van der Waals surface area contributed by atoms with Gasteiger partial charge >= 0.3 is 5.97 Å². The zero-order valence-corrected chi connectivity index (χ0v) is 20.8. The van der Waals surface area contributed by atoms with Gasteiger partial charge in [-0.25, -0.2) is 0 Å². The van der Waals surface area contributed by atoms with E-state index in [9.17, 15) is 39.0 Å². The number of carboxylic acids is 1. The van der Waals surface area contributed by atoms with Gasteiger partial charge < -0.3 is 36.8 Å². The molecule has 13 heteroatoms. The molecule has 206 valence electrons. The summed E-state index contributed by atoms with van der Waals surface area (Å²) < 4.78 is 0. The third kappa shape index (κ3) is 9.14. The van der Waals surface area contributed by atoms with Crippen LogP contribution in [0.5, 0.6) is 5.75 Å². The first-order valence-electron chi connectivity index (χ1n) is 12.1. The normalized spacial score (nSPS) is 21.2. The Morgan fingerprint density at radius 3 is 1.69 bits per heavy atom. The maximum absolute atomic E-state index is 13.0. The van der Waals surface area contributed by atoms with Gasteiger partial charge in [0, 0.05) is 12.8 Å².